The average Bonchev–Trinajstić information content (AvgIpc) is 2.39. The van der Waals surface area contributed by atoms with E-state index in [1.54, 1.807) is 32.0 Å². The van der Waals surface area contributed by atoms with Gasteiger partial charge >= 0.3 is 0 Å². The molecule has 1 aliphatic heterocycles. The van der Waals surface area contributed by atoms with E-state index in [4.69, 9.17) is 10.5 Å². The van der Waals surface area contributed by atoms with Crippen LogP contribution in [0.4, 0.5) is 11.4 Å². The van der Waals surface area contributed by atoms with Crippen LogP contribution in [0.3, 0.4) is 0 Å². The fourth-order valence-electron chi connectivity index (χ4n) is 1.66. The van der Waals surface area contributed by atoms with Crippen LogP contribution in [0.15, 0.2) is 18.2 Å². The van der Waals surface area contributed by atoms with Gasteiger partial charge in [0.25, 0.3) is 5.91 Å². The van der Waals surface area contributed by atoms with Gasteiger partial charge in [0.15, 0.2) is 6.10 Å². The second kappa shape index (κ2) is 5.27. The van der Waals surface area contributed by atoms with Gasteiger partial charge in [-0.15, -0.1) is 0 Å². The van der Waals surface area contributed by atoms with Crippen LogP contribution in [0, 0.1) is 5.92 Å². The molecule has 4 N–H and O–H groups in total. The minimum absolute atomic E-state index is 0.154. The quantitative estimate of drug-likeness (QED) is 0.756. The zero-order valence-electron chi connectivity index (χ0n) is 10.9. The third-order valence-electron chi connectivity index (χ3n) is 2.98. The Bertz CT molecular complexity index is 516. The third kappa shape index (κ3) is 2.85. The molecular formula is C13H17N3O3. The topological polar surface area (TPSA) is 93.5 Å². The highest BCUT2D eigenvalue weighted by molar-refractivity contribution is 5.99. The van der Waals surface area contributed by atoms with Crippen molar-refractivity contribution in [1.29, 1.82) is 0 Å². The lowest BCUT2D eigenvalue weighted by atomic mass is 10.1. The molecule has 0 bridgehead atoms. The monoisotopic (exact) mass is 263 g/mol. The van der Waals surface area contributed by atoms with Crippen LogP contribution < -0.4 is 21.1 Å². The summed E-state index contributed by atoms with van der Waals surface area (Å²) in [6.07, 6.45) is -0.509. The highest BCUT2D eigenvalue weighted by atomic mass is 16.5. The van der Waals surface area contributed by atoms with Crippen LogP contribution in [-0.4, -0.2) is 24.5 Å². The molecular weight excluding hydrogens is 246 g/mol. The maximum absolute atomic E-state index is 11.7. The lowest BCUT2D eigenvalue weighted by Gasteiger charge is -2.23. The SMILES string of the molecule is CC(CN)C(=O)Nc1ccc2c(c1)NC(=O)C(C)O2. The van der Waals surface area contributed by atoms with E-state index < -0.39 is 6.10 Å². The van der Waals surface area contributed by atoms with Crippen molar-refractivity contribution in [2.75, 3.05) is 17.2 Å². The number of rotatable bonds is 3. The second-order valence-corrected chi connectivity index (χ2v) is 4.59. The molecule has 19 heavy (non-hydrogen) atoms. The van der Waals surface area contributed by atoms with Gasteiger partial charge in [0.1, 0.15) is 5.75 Å². The summed E-state index contributed by atoms with van der Waals surface area (Å²) in [5.41, 5.74) is 6.59. The molecule has 1 aliphatic rings. The van der Waals surface area contributed by atoms with E-state index in [9.17, 15) is 9.59 Å². The van der Waals surface area contributed by atoms with Gasteiger partial charge in [0, 0.05) is 18.2 Å². The molecule has 2 rings (SSSR count). The van der Waals surface area contributed by atoms with Crippen molar-refractivity contribution in [1.82, 2.24) is 0 Å². The van der Waals surface area contributed by atoms with Crippen molar-refractivity contribution < 1.29 is 14.3 Å². The maximum atomic E-state index is 11.7. The van der Waals surface area contributed by atoms with Crippen molar-refractivity contribution in [2.24, 2.45) is 11.7 Å². The summed E-state index contributed by atoms with van der Waals surface area (Å²) in [6, 6.07) is 5.11. The van der Waals surface area contributed by atoms with E-state index in [-0.39, 0.29) is 24.3 Å². The Morgan fingerprint density at radius 2 is 2.32 bits per heavy atom. The largest absolute Gasteiger partial charge is 0.479 e. The lowest BCUT2D eigenvalue weighted by Crippen LogP contribution is -2.34. The number of benzene rings is 1. The zero-order valence-corrected chi connectivity index (χ0v) is 10.9. The smallest absolute Gasteiger partial charge is 0.265 e. The molecule has 1 aromatic carbocycles. The molecule has 6 nitrogen and oxygen atoms in total. The Kier molecular flexibility index (Phi) is 3.71. The van der Waals surface area contributed by atoms with Gasteiger partial charge in [-0.3, -0.25) is 9.59 Å². The van der Waals surface area contributed by atoms with Crippen LogP contribution in [-0.2, 0) is 9.59 Å². The van der Waals surface area contributed by atoms with E-state index in [2.05, 4.69) is 10.6 Å². The highest BCUT2D eigenvalue weighted by Crippen LogP contribution is 2.32. The van der Waals surface area contributed by atoms with Crippen LogP contribution in [0.1, 0.15) is 13.8 Å². The van der Waals surface area contributed by atoms with Gasteiger partial charge < -0.3 is 21.1 Å². The maximum Gasteiger partial charge on any atom is 0.265 e. The first-order valence-corrected chi connectivity index (χ1v) is 6.13. The molecule has 1 aromatic rings. The van der Waals surface area contributed by atoms with Crippen molar-refractivity contribution in [3.8, 4) is 5.75 Å². The second-order valence-electron chi connectivity index (χ2n) is 4.59. The number of carbonyl (C=O) groups is 2. The Morgan fingerprint density at radius 1 is 1.58 bits per heavy atom. The van der Waals surface area contributed by atoms with E-state index in [0.717, 1.165) is 0 Å². The molecule has 0 aromatic heterocycles. The Balaban J connectivity index is 2.15. The van der Waals surface area contributed by atoms with Crippen molar-refractivity contribution in [3.05, 3.63) is 18.2 Å². The highest BCUT2D eigenvalue weighted by Gasteiger charge is 2.23. The molecule has 0 saturated heterocycles. The van der Waals surface area contributed by atoms with Gasteiger partial charge in [0.05, 0.1) is 5.69 Å². The predicted molar refractivity (Wildman–Crippen MR) is 72.0 cm³/mol. The molecule has 2 unspecified atom stereocenters. The molecule has 102 valence electrons. The number of anilines is 2. The lowest BCUT2D eigenvalue weighted by molar-refractivity contribution is -0.122. The van der Waals surface area contributed by atoms with Crippen molar-refractivity contribution >= 4 is 23.2 Å². The fourth-order valence-corrected chi connectivity index (χ4v) is 1.66. The minimum Gasteiger partial charge on any atom is -0.479 e. The predicted octanol–water partition coefficient (Wildman–Crippen LogP) is 0.939. The summed E-state index contributed by atoms with van der Waals surface area (Å²) in [4.78, 5) is 23.2. The fraction of sp³-hybridized carbons (Fsp3) is 0.385. The summed E-state index contributed by atoms with van der Waals surface area (Å²) in [6.45, 7) is 3.71. The third-order valence-corrected chi connectivity index (χ3v) is 2.98. The number of fused-ring (bicyclic) bond motifs is 1. The molecule has 6 heteroatoms. The zero-order chi connectivity index (χ0) is 14.0. The van der Waals surface area contributed by atoms with Crippen LogP contribution in [0.5, 0.6) is 5.75 Å². The molecule has 0 aliphatic carbocycles. The summed E-state index contributed by atoms with van der Waals surface area (Å²) in [5, 5.41) is 5.47. The summed E-state index contributed by atoms with van der Waals surface area (Å²) in [7, 11) is 0. The van der Waals surface area contributed by atoms with Gasteiger partial charge in [-0.05, 0) is 25.1 Å². The molecule has 2 amide bonds. The summed E-state index contributed by atoms with van der Waals surface area (Å²) < 4.78 is 5.43. The van der Waals surface area contributed by atoms with Gasteiger partial charge in [0.2, 0.25) is 5.91 Å². The average molecular weight is 263 g/mol. The first kappa shape index (κ1) is 13.4. The molecule has 0 spiro atoms. The van der Waals surface area contributed by atoms with Crippen LogP contribution in [0.2, 0.25) is 0 Å². The van der Waals surface area contributed by atoms with Gasteiger partial charge in [-0.2, -0.15) is 0 Å². The molecule has 0 radical (unpaired) electrons. The Morgan fingerprint density at radius 3 is 3.00 bits per heavy atom. The number of ether oxygens (including phenoxy) is 1. The Hall–Kier alpha value is -2.08. The van der Waals surface area contributed by atoms with E-state index in [0.29, 0.717) is 17.1 Å². The van der Waals surface area contributed by atoms with Gasteiger partial charge in [-0.1, -0.05) is 6.92 Å². The van der Waals surface area contributed by atoms with E-state index in [1.165, 1.54) is 0 Å². The van der Waals surface area contributed by atoms with Crippen molar-refractivity contribution in [3.63, 3.8) is 0 Å². The number of amides is 2. The first-order valence-electron chi connectivity index (χ1n) is 6.13. The number of hydrogen-bond acceptors (Lipinski definition) is 4. The minimum atomic E-state index is -0.509. The molecule has 2 atom stereocenters. The number of carbonyl (C=O) groups excluding carboxylic acids is 2. The molecule has 0 fully saturated rings. The first-order chi connectivity index (χ1) is 9.01. The van der Waals surface area contributed by atoms with Crippen molar-refractivity contribution in [2.45, 2.75) is 20.0 Å². The number of hydrogen-bond donors (Lipinski definition) is 3. The van der Waals surface area contributed by atoms with E-state index in [1.807, 2.05) is 0 Å². The number of nitrogens with one attached hydrogen (secondary N) is 2. The Labute approximate surface area is 111 Å². The normalized spacial score (nSPS) is 18.9. The van der Waals surface area contributed by atoms with E-state index >= 15 is 0 Å². The van der Waals surface area contributed by atoms with Crippen LogP contribution in [0.25, 0.3) is 0 Å². The van der Waals surface area contributed by atoms with Crippen LogP contribution >= 0.6 is 0 Å². The standard InChI is InChI=1S/C13H17N3O3/c1-7(6-14)12(17)15-9-3-4-11-10(5-9)16-13(18)8(2)19-11/h3-5,7-8H,6,14H2,1-2H3,(H,15,17)(H,16,18). The summed E-state index contributed by atoms with van der Waals surface area (Å²) >= 11 is 0. The molecule has 0 saturated carbocycles. The summed E-state index contributed by atoms with van der Waals surface area (Å²) in [5.74, 6) is -0.0240. The molecule has 1 heterocycles. The number of nitrogens with two attached hydrogens (primary N) is 1. The van der Waals surface area contributed by atoms with Gasteiger partial charge in [-0.25, -0.2) is 0 Å².